The van der Waals surface area contributed by atoms with Gasteiger partial charge in [0.15, 0.2) is 5.65 Å². The molecule has 0 bridgehead atoms. The van der Waals surface area contributed by atoms with Crippen LogP contribution in [0.2, 0.25) is 0 Å². The van der Waals surface area contributed by atoms with Crippen LogP contribution >= 0.6 is 0 Å². The van der Waals surface area contributed by atoms with Gasteiger partial charge in [-0.05, 0) is 13.0 Å². The molecule has 0 aliphatic carbocycles. The van der Waals surface area contributed by atoms with E-state index in [1.807, 2.05) is 16.7 Å². The van der Waals surface area contributed by atoms with E-state index in [4.69, 9.17) is 4.74 Å². The Labute approximate surface area is 98.8 Å². The number of nitrogens with zero attached hydrogens (tertiary/aromatic N) is 3. The smallest absolute Gasteiger partial charge is 0.309 e. The first-order valence-electron chi connectivity index (χ1n) is 5.40. The molecule has 0 aliphatic rings. The lowest BCUT2D eigenvalue weighted by Gasteiger charge is -1.97. The molecular formula is C12H13N3O2. The zero-order valence-corrected chi connectivity index (χ0v) is 9.54. The van der Waals surface area contributed by atoms with Crippen LogP contribution in [0.3, 0.4) is 0 Å². The van der Waals surface area contributed by atoms with Crippen molar-refractivity contribution in [2.24, 2.45) is 0 Å². The van der Waals surface area contributed by atoms with Crippen molar-refractivity contribution >= 4 is 17.7 Å². The molecule has 0 saturated carbocycles. The van der Waals surface area contributed by atoms with E-state index < -0.39 is 0 Å². The highest BCUT2D eigenvalue weighted by Crippen LogP contribution is 2.06. The van der Waals surface area contributed by atoms with Gasteiger partial charge in [0.05, 0.1) is 31.1 Å². The monoisotopic (exact) mass is 231 g/mol. The predicted molar refractivity (Wildman–Crippen MR) is 63.3 cm³/mol. The van der Waals surface area contributed by atoms with E-state index in [2.05, 4.69) is 9.97 Å². The molecule has 0 radical (unpaired) electrons. The maximum absolute atomic E-state index is 11.1. The summed E-state index contributed by atoms with van der Waals surface area (Å²) in [5.41, 5.74) is 1.69. The largest absolute Gasteiger partial charge is 0.466 e. The Balaban J connectivity index is 2.08. The second-order valence-corrected chi connectivity index (χ2v) is 3.40. The van der Waals surface area contributed by atoms with Crippen LogP contribution in [0.15, 0.2) is 30.9 Å². The number of fused-ring (bicyclic) bond motifs is 1. The Morgan fingerprint density at radius 3 is 3.24 bits per heavy atom. The van der Waals surface area contributed by atoms with Crippen molar-refractivity contribution < 1.29 is 9.53 Å². The molecule has 88 valence electrons. The van der Waals surface area contributed by atoms with Gasteiger partial charge in [0, 0.05) is 12.4 Å². The zero-order valence-electron chi connectivity index (χ0n) is 9.54. The molecule has 2 heterocycles. The van der Waals surface area contributed by atoms with Gasteiger partial charge in [0.1, 0.15) is 0 Å². The minimum absolute atomic E-state index is 0.223. The number of hydrogen-bond donors (Lipinski definition) is 0. The van der Waals surface area contributed by atoms with E-state index in [0.29, 0.717) is 6.61 Å². The van der Waals surface area contributed by atoms with E-state index >= 15 is 0 Å². The molecule has 0 saturated heterocycles. The molecule has 5 heteroatoms. The average Bonchev–Trinajstić information content (AvgIpc) is 2.73. The first-order chi connectivity index (χ1) is 8.31. The van der Waals surface area contributed by atoms with Crippen LogP contribution in [0.4, 0.5) is 0 Å². The van der Waals surface area contributed by atoms with E-state index in [-0.39, 0.29) is 12.4 Å². The SMILES string of the molecule is CCOC(=O)CC=Cc1cnc2cnccn12. The van der Waals surface area contributed by atoms with E-state index in [1.165, 1.54) is 0 Å². The lowest BCUT2D eigenvalue weighted by Crippen LogP contribution is -2.01. The molecular weight excluding hydrogens is 218 g/mol. The Bertz CT molecular complexity index is 545. The molecule has 2 aromatic heterocycles. The number of carbonyl (C=O) groups is 1. The third-order valence-electron chi connectivity index (χ3n) is 2.22. The normalized spacial score (nSPS) is 11.1. The minimum atomic E-state index is -0.223. The molecule has 0 aromatic carbocycles. The summed E-state index contributed by atoms with van der Waals surface area (Å²) in [6, 6.07) is 0. The molecule has 2 aromatic rings. The molecule has 0 amide bonds. The fraction of sp³-hybridized carbons (Fsp3) is 0.250. The number of esters is 1. The number of imidazole rings is 1. The number of hydrogen-bond acceptors (Lipinski definition) is 4. The topological polar surface area (TPSA) is 56.5 Å². The number of aromatic nitrogens is 3. The molecule has 0 N–H and O–H groups in total. The highest BCUT2D eigenvalue weighted by Gasteiger charge is 2.00. The first-order valence-corrected chi connectivity index (χ1v) is 5.40. The fourth-order valence-electron chi connectivity index (χ4n) is 1.48. The van der Waals surface area contributed by atoms with Crippen molar-refractivity contribution in [1.29, 1.82) is 0 Å². The summed E-state index contributed by atoms with van der Waals surface area (Å²) in [5, 5.41) is 0. The van der Waals surface area contributed by atoms with Gasteiger partial charge in [-0.3, -0.25) is 14.2 Å². The molecule has 0 unspecified atom stereocenters. The molecule has 0 fully saturated rings. The Morgan fingerprint density at radius 1 is 1.53 bits per heavy atom. The molecule has 17 heavy (non-hydrogen) atoms. The Hall–Kier alpha value is -2.17. The summed E-state index contributed by atoms with van der Waals surface area (Å²) < 4.78 is 6.72. The third-order valence-corrected chi connectivity index (χ3v) is 2.22. The maximum Gasteiger partial charge on any atom is 0.309 e. The lowest BCUT2D eigenvalue weighted by molar-refractivity contribution is -0.142. The molecule has 5 nitrogen and oxygen atoms in total. The number of rotatable bonds is 4. The molecule has 2 rings (SSSR count). The van der Waals surface area contributed by atoms with E-state index in [1.54, 1.807) is 31.6 Å². The quantitative estimate of drug-likeness (QED) is 0.751. The molecule has 0 spiro atoms. The summed E-state index contributed by atoms with van der Waals surface area (Å²) in [6.45, 7) is 2.20. The summed E-state index contributed by atoms with van der Waals surface area (Å²) in [6.07, 6.45) is 10.8. The van der Waals surface area contributed by atoms with Gasteiger partial charge in [-0.2, -0.15) is 0 Å². The number of ether oxygens (including phenoxy) is 1. The van der Waals surface area contributed by atoms with Gasteiger partial charge in [-0.1, -0.05) is 6.08 Å². The summed E-state index contributed by atoms with van der Waals surface area (Å²) >= 11 is 0. The van der Waals surface area contributed by atoms with Gasteiger partial charge in [0.2, 0.25) is 0 Å². The number of carbonyl (C=O) groups excluding carboxylic acids is 1. The van der Waals surface area contributed by atoms with Crippen LogP contribution < -0.4 is 0 Å². The van der Waals surface area contributed by atoms with Crippen LogP contribution in [0.1, 0.15) is 19.0 Å². The van der Waals surface area contributed by atoms with Crippen molar-refractivity contribution in [1.82, 2.24) is 14.4 Å². The lowest BCUT2D eigenvalue weighted by atomic mass is 10.3. The predicted octanol–water partition coefficient (Wildman–Crippen LogP) is 1.70. The third kappa shape index (κ3) is 2.69. The maximum atomic E-state index is 11.1. The van der Waals surface area contributed by atoms with Crippen LogP contribution in [0, 0.1) is 0 Å². The molecule has 0 atom stereocenters. The van der Waals surface area contributed by atoms with Gasteiger partial charge < -0.3 is 4.74 Å². The van der Waals surface area contributed by atoms with Crippen LogP contribution in [0.5, 0.6) is 0 Å². The Morgan fingerprint density at radius 2 is 2.41 bits per heavy atom. The van der Waals surface area contributed by atoms with Crippen molar-refractivity contribution in [3.8, 4) is 0 Å². The van der Waals surface area contributed by atoms with Crippen molar-refractivity contribution in [3.63, 3.8) is 0 Å². The summed E-state index contributed by atoms with van der Waals surface area (Å²) in [7, 11) is 0. The van der Waals surface area contributed by atoms with Gasteiger partial charge >= 0.3 is 5.97 Å². The van der Waals surface area contributed by atoms with E-state index in [0.717, 1.165) is 11.3 Å². The van der Waals surface area contributed by atoms with Crippen LogP contribution in [-0.4, -0.2) is 26.9 Å². The standard InChI is InChI=1S/C12H13N3O2/c1-2-17-12(16)5-3-4-10-8-14-11-9-13-6-7-15(10)11/h3-4,6-9H,2,5H2,1H3. The van der Waals surface area contributed by atoms with Crippen molar-refractivity contribution in [2.45, 2.75) is 13.3 Å². The van der Waals surface area contributed by atoms with Crippen molar-refractivity contribution in [2.75, 3.05) is 6.61 Å². The van der Waals surface area contributed by atoms with Crippen molar-refractivity contribution in [3.05, 3.63) is 36.6 Å². The van der Waals surface area contributed by atoms with Gasteiger partial charge in [0.25, 0.3) is 0 Å². The summed E-state index contributed by atoms with van der Waals surface area (Å²) in [5.74, 6) is -0.223. The first kappa shape index (κ1) is 11.3. The average molecular weight is 231 g/mol. The zero-order chi connectivity index (χ0) is 12.1. The second-order valence-electron chi connectivity index (χ2n) is 3.40. The van der Waals surface area contributed by atoms with Crippen LogP contribution in [-0.2, 0) is 9.53 Å². The fourth-order valence-corrected chi connectivity index (χ4v) is 1.48. The van der Waals surface area contributed by atoms with Crippen LogP contribution in [0.25, 0.3) is 11.7 Å². The highest BCUT2D eigenvalue weighted by molar-refractivity contribution is 5.72. The van der Waals surface area contributed by atoms with Gasteiger partial charge in [-0.15, -0.1) is 0 Å². The minimum Gasteiger partial charge on any atom is -0.466 e. The van der Waals surface area contributed by atoms with E-state index in [9.17, 15) is 4.79 Å². The molecule has 0 aliphatic heterocycles. The highest BCUT2D eigenvalue weighted by atomic mass is 16.5. The summed E-state index contributed by atoms with van der Waals surface area (Å²) in [4.78, 5) is 19.3. The van der Waals surface area contributed by atoms with Gasteiger partial charge in [-0.25, -0.2) is 4.98 Å². The Kier molecular flexibility index (Phi) is 3.49. The second kappa shape index (κ2) is 5.25.